The molecule has 0 unspecified atom stereocenters. The minimum absolute atomic E-state index is 0.171. The van der Waals surface area contributed by atoms with Gasteiger partial charge in [0.2, 0.25) is 6.86 Å². The number of nitrogens with one attached hydrogen (secondary N) is 1. The maximum atomic E-state index is 12.8. The third-order valence-corrected chi connectivity index (χ3v) is 6.63. The second-order valence-electron chi connectivity index (χ2n) is 8.95. The summed E-state index contributed by atoms with van der Waals surface area (Å²) in [6.07, 6.45) is 3.63. The third kappa shape index (κ3) is 9.21. The predicted octanol–water partition coefficient (Wildman–Crippen LogP) is 5.74. The van der Waals surface area contributed by atoms with Gasteiger partial charge in [-0.25, -0.2) is 14.2 Å². The van der Waals surface area contributed by atoms with E-state index in [-0.39, 0.29) is 17.5 Å². The highest BCUT2D eigenvalue weighted by atomic mass is 32.2. The zero-order valence-electron chi connectivity index (χ0n) is 22.1. The van der Waals surface area contributed by atoms with E-state index in [0.717, 1.165) is 49.6 Å². The van der Waals surface area contributed by atoms with Crippen LogP contribution in [0.3, 0.4) is 0 Å². The molecule has 2 aromatic rings. The molecule has 206 valence electrons. The van der Waals surface area contributed by atoms with Crippen LogP contribution in [0.5, 0.6) is 11.5 Å². The van der Waals surface area contributed by atoms with Crippen LogP contribution in [0.4, 0.5) is 19.7 Å². The van der Waals surface area contributed by atoms with Crippen molar-refractivity contribution in [2.24, 2.45) is 5.10 Å². The molecule has 2 aromatic carbocycles. The molecule has 1 aliphatic rings. The summed E-state index contributed by atoms with van der Waals surface area (Å²) in [4.78, 5) is 26.7. The van der Waals surface area contributed by atoms with Gasteiger partial charge >= 0.3 is 11.3 Å². The van der Waals surface area contributed by atoms with Gasteiger partial charge in [-0.3, -0.25) is 10.1 Å². The van der Waals surface area contributed by atoms with Crippen LogP contribution < -0.4 is 14.8 Å². The number of amides is 2. The minimum Gasteiger partial charge on any atom is -0.493 e. The largest absolute Gasteiger partial charge is 0.493 e. The third-order valence-electron chi connectivity index (χ3n) is 5.76. The van der Waals surface area contributed by atoms with Crippen molar-refractivity contribution in [2.45, 2.75) is 32.2 Å². The van der Waals surface area contributed by atoms with Gasteiger partial charge in [0.15, 0.2) is 11.5 Å². The van der Waals surface area contributed by atoms with Crippen LogP contribution >= 0.6 is 11.8 Å². The number of carbonyl (C=O) groups is 2. The average Bonchev–Trinajstić information content (AvgIpc) is 2.90. The highest BCUT2D eigenvalue weighted by Crippen LogP contribution is 2.30. The van der Waals surface area contributed by atoms with Crippen molar-refractivity contribution in [1.29, 1.82) is 0 Å². The minimum atomic E-state index is -0.981. The molecule has 0 saturated heterocycles. The fourth-order valence-corrected chi connectivity index (χ4v) is 4.50. The molecule has 0 fully saturated rings. The summed E-state index contributed by atoms with van der Waals surface area (Å²) >= 11 is 1.14. The summed E-state index contributed by atoms with van der Waals surface area (Å²) in [7, 11) is 5.60. The summed E-state index contributed by atoms with van der Waals surface area (Å²) in [5.74, 6) is 1.07. The van der Waals surface area contributed by atoms with E-state index >= 15 is 0 Å². The Morgan fingerprint density at radius 1 is 1.11 bits per heavy atom. The van der Waals surface area contributed by atoms with E-state index in [4.69, 9.17) is 14.2 Å². The molecule has 11 heteroatoms. The Morgan fingerprint density at radius 3 is 2.58 bits per heavy atom. The first-order chi connectivity index (χ1) is 18.4. The zero-order chi connectivity index (χ0) is 27.3. The van der Waals surface area contributed by atoms with E-state index in [2.05, 4.69) is 29.4 Å². The van der Waals surface area contributed by atoms with E-state index < -0.39 is 13.0 Å². The average molecular weight is 547 g/mol. The molecule has 9 nitrogen and oxygen atoms in total. The molecule has 0 aliphatic carbocycles. The molecule has 0 saturated carbocycles. The quantitative estimate of drug-likeness (QED) is 0.302. The van der Waals surface area contributed by atoms with Crippen LogP contribution in [0.2, 0.25) is 0 Å². The maximum absolute atomic E-state index is 12.8. The van der Waals surface area contributed by atoms with Crippen LogP contribution in [-0.2, 0) is 11.3 Å². The van der Waals surface area contributed by atoms with Crippen molar-refractivity contribution in [1.82, 2.24) is 9.91 Å². The molecule has 0 spiro atoms. The second-order valence-corrected chi connectivity index (χ2v) is 9.88. The van der Waals surface area contributed by atoms with Gasteiger partial charge in [-0.2, -0.15) is 5.10 Å². The molecule has 0 atom stereocenters. The zero-order valence-corrected chi connectivity index (χ0v) is 22.9. The number of unbranched alkanes of at least 4 members (excludes halogenated alkanes) is 3. The van der Waals surface area contributed by atoms with Crippen LogP contribution in [0, 0.1) is 0 Å². The van der Waals surface area contributed by atoms with Gasteiger partial charge in [0.1, 0.15) is 0 Å². The number of nitrogens with zero attached hydrogens (tertiary/aromatic N) is 3. The van der Waals surface area contributed by atoms with Crippen LogP contribution in [0.15, 0.2) is 47.6 Å². The lowest BCUT2D eigenvalue weighted by Crippen LogP contribution is -2.29. The summed E-state index contributed by atoms with van der Waals surface area (Å²) in [6, 6.07) is 12.3. The van der Waals surface area contributed by atoms with Gasteiger partial charge in [0.05, 0.1) is 26.0 Å². The van der Waals surface area contributed by atoms with E-state index in [1.807, 2.05) is 12.1 Å². The van der Waals surface area contributed by atoms with Crippen molar-refractivity contribution in [3.63, 3.8) is 0 Å². The Labute approximate surface area is 227 Å². The van der Waals surface area contributed by atoms with Gasteiger partial charge in [-0.15, -0.1) is 0 Å². The van der Waals surface area contributed by atoms with Crippen molar-refractivity contribution in [3.05, 3.63) is 53.6 Å². The summed E-state index contributed by atoms with van der Waals surface area (Å²) in [6.45, 7) is 0.732. The molecule has 0 bridgehead atoms. The van der Waals surface area contributed by atoms with Crippen molar-refractivity contribution >= 4 is 34.5 Å². The number of hydrogen-bond acceptors (Lipinski definition) is 8. The van der Waals surface area contributed by atoms with Crippen molar-refractivity contribution in [2.75, 3.05) is 52.3 Å². The molecule has 1 heterocycles. The fourth-order valence-electron chi connectivity index (χ4n) is 3.76. The Balaban J connectivity index is 1.51. The highest BCUT2D eigenvalue weighted by molar-refractivity contribution is 8.14. The molecule has 0 radical (unpaired) electrons. The Kier molecular flexibility index (Phi) is 11.7. The topological polar surface area (TPSA) is 92.7 Å². The van der Waals surface area contributed by atoms with E-state index in [9.17, 15) is 14.0 Å². The van der Waals surface area contributed by atoms with E-state index in [1.54, 1.807) is 30.3 Å². The number of rotatable bonds is 14. The molecule has 1 N–H and O–H groups in total. The normalized spacial score (nSPS) is 13.3. The second kappa shape index (κ2) is 15.2. The molecular formula is C27H35FN4O5S. The smallest absolute Gasteiger partial charge is 0.411 e. The lowest BCUT2D eigenvalue weighted by atomic mass is 10.1. The van der Waals surface area contributed by atoms with Gasteiger partial charge in [0, 0.05) is 17.0 Å². The van der Waals surface area contributed by atoms with Gasteiger partial charge in [0.25, 0.3) is 0 Å². The molecule has 38 heavy (non-hydrogen) atoms. The number of alkyl halides is 1. The number of methoxy groups -OCH3 is 1. The number of hydrogen-bond donors (Lipinski definition) is 1. The standard InChI is InChI=1S/C27H35FN4O5S/c1-31(2)14-6-4-5-7-15-36-26(33)29-22-11-8-20(9-12-22)17-32-27(34)38-18-23(30-32)21-10-13-24(35-3)25(16-21)37-19-28/h8-13,16H,4-7,14-15,17-19H2,1-3H3,(H,29,33). The number of halogens is 1. The van der Waals surface area contributed by atoms with Gasteiger partial charge < -0.3 is 19.1 Å². The monoisotopic (exact) mass is 546 g/mol. The number of thioether (sulfide) groups is 1. The maximum Gasteiger partial charge on any atom is 0.411 e. The first-order valence-corrected chi connectivity index (χ1v) is 13.4. The van der Waals surface area contributed by atoms with Crippen LogP contribution in [0.25, 0.3) is 0 Å². The van der Waals surface area contributed by atoms with Gasteiger partial charge in [-0.05, 0) is 69.4 Å². The van der Waals surface area contributed by atoms with E-state index in [1.165, 1.54) is 12.1 Å². The van der Waals surface area contributed by atoms with E-state index in [0.29, 0.717) is 35.1 Å². The molecule has 3 rings (SSSR count). The molecule has 0 aromatic heterocycles. The molecule has 2 amide bonds. The van der Waals surface area contributed by atoms with Crippen LogP contribution in [0.1, 0.15) is 36.8 Å². The molecular weight excluding hydrogens is 511 g/mol. The lowest BCUT2D eigenvalue weighted by molar-refractivity contribution is 0.159. The number of anilines is 1. The number of ether oxygens (including phenoxy) is 3. The number of carbonyl (C=O) groups excluding carboxylic acids is 2. The van der Waals surface area contributed by atoms with Crippen molar-refractivity contribution in [3.8, 4) is 11.5 Å². The molecule has 1 aliphatic heterocycles. The SMILES string of the molecule is COc1ccc(C2=NN(Cc3ccc(NC(=O)OCCCCCCN(C)C)cc3)C(=O)SC2)cc1OCF. The van der Waals surface area contributed by atoms with Crippen LogP contribution in [-0.4, -0.2) is 73.9 Å². The summed E-state index contributed by atoms with van der Waals surface area (Å²) < 4.78 is 28.2. The van der Waals surface area contributed by atoms with Crippen molar-refractivity contribution < 1.29 is 28.2 Å². The number of hydrazone groups is 1. The number of benzene rings is 2. The Hall–Kier alpha value is -3.31. The fraction of sp³-hybridized carbons (Fsp3) is 0.444. The lowest BCUT2D eigenvalue weighted by Gasteiger charge is -2.23. The summed E-state index contributed by atoms with van der Waals surface area (Å²) in [5.41, 5.74) is 2.83. The Bertz CT molecular complexity index is 1100. The summed E-state index contributed by atoms with van der Waals surface area (Å²) in [5, 5.41) is 8.46. The first-order valence-electron chi connectivity index (χ1n) is 12.5. The first kappa shape index (κ1) is 29.2. The predicted molar refractivity (Wildman–Crippen MR) is 148 cm³/mol. The highest BCUT2D eigenvalue weighted by Gasteiger charge is 2.23. The Morgan fingerprint density at radius 2 is 1.87 bits per heavy atom. The van der Waals surface area contributed by atoms with Gasteiger partial charge in [-0.1, -0.05) is 36.7 Å².